The standard InChI is InChI=1S/C23H19FN2O5/c1-2-30-23(29)31-16-13-11-15(12-14-16)21(27)25-19-9-5-6-10-20(19)26-22(28)17-7-3-4-8-18(17)24/h3-14H,2H2,1H3,(H,25,27)(H,26,28). The molecule has 3 aromatic carbocycles. The molecule has 0 fully saturated rings. The normalized spacial score (nSPS) is 10.1. The Balaban J connectivity index is 1.70. The van der Waals surface area contributed by atoms with Crippen LogP contribution in [0.3, 0.4) is 0 Å². The van der Waals surface area contributed by atoms with Gasteiger partial charge in [0, 0.05) is 5.56 Å². The third-order valence-electron chi connectivity index (χ3n) is 4.12. The number of hydrogen-bond acceptors (Lipinski definition) is 5. The van der Waals surface area contributed by atoms with Gasteiger partial charge in [-0.05, 0) is 55.5 Å². The lowest BCUT2D eigenvalue weighted by Gasteiger charge is -2.13. The fraction of sp³-hybridized carbons (Fsp3) is 0.0870. The Kier molecular flexibility index (Phi) is 6.95. The predicted octanol–water partition coefficient (Wildman–Crippen LogP) is 4.87. The van der Waals surface area contributed by atoms with Crippen molar-refractivity contribution in [2.24, 2.45) is 0 Å². The van der Waals surface area contributed by atoms with Crippen LogP contribution in [0.4, 0.5) is 20.6 Å². The van der Waals surface area contributed by atoms with Crippen LogP contribution in [0, 0.1) is 5.82 Å². The fourth-order valence-electron chi connectivity index (χ4n) is 2.65. The van der Waals surface area contributed by atoms with E-state index in [9.17, 15) is 18.8 Å². The van der Waals surface area contributed by atoms with Crippen LogP contribution in [0.1, 0.15) is 27.6 Å². The molecule has 0 bridgehead atoms. The van der Waals surface area contributed by atoms with Crippen molar-refractivity contribution in [3.63, 3.8) is 0 Å². The van der Waals surface area contributed by atoms with Gasteiger partial charge in [0.15, 0.2) is 0 Å². The molecule has 0 saturated heterocycles. The van der Waals surface area contributed by atoms with Gasteiger partial charge in [-0.1, -0.05) is 24.3 Å². The van der Waals surface area contributed by atoms with Gasteiger partial charge >= 0.3 is 6.16 Å². The maximum atomic E-state index is 13.9. The quantitative estimate of drug-likeness (QED) is 0.437. The van der Waals surface area contributed by atoms with Gasteiger partial charge in [-0.15, -0.1) is 0 Å². The monoisotopic (exact) mass is 422 g/mol. The summed E-state index contributed by atoms with van der Waals surface area (Å²) in [4.78, 5) is 36.3. The van der Waals surface area contributed by atoms with Crippen molar-refractivity contribution in [2.45, 2.75) is 6.92 Å². The van der Waals surface area contributed by atoms with E-state index in [0.29, 0.717) is 16.9 Å². The summed E-state index contributed by atoms with van der Waals surface area (Å²) in [6, 6.07) is 18.0. The van der Waals surface area contributed by atoms with Crippen LogP contribution in [-0.4, -0.2) is 24.6 Å². The maximum Gasteiger partial charge on any atom is 0.513 e. The summed E-state index contributed by atoms with van der Waals surface area (Å²) in [7, 11) is 0. The lowest BCUT2D eigenvalue weighted by atomic mass is 10.1. The van der Waals surface area contributed by atoms with Gasteiger partial charge in [-0.2, -0.15) is 0 Å². The molecule has 3 aromatic rings. The summed E-state index contributed by atoms with van der Waals surface area (Å²) in [5.41, 5.74) is 0.836. The van der Waals surface area contributed by atoms with Gasteiger partial charge in [-0.25, -0.2) is 9.18 Å². The number of benzene rings is 3. The third-order valence-corrected chi connectivity index (χ3v) is 4.12. The fourth-order valence-corrected chi connectivity index (χ4v) is 2.65. The molecule has 0 spiro atoms. The molecule has 0 unspecified atom stereocenters. The largest absolute Gasteiger partial charge is 0.513 e. The van der Waals surface area contributed by atoms with Crippen molar-refractivity contribution >= 4 is 29.3 Å². The molecule has 0 aliphatic carbocycles. The van der Waals surface area contributed by atoms with Crippen LogP contribution in [0.25, 0.3) is 0 Å². The van der Waals surface area contributed by atoms with E-state index < -0.39 is 23.8 Å². The summed E-state index contributed by atoms with van der Waals surface area (Å²) < 4.78 is 23.5. The van der Waals surface area contributed by atoms with Crippen molar-refractivity contribution in [1.82, 2.24) is 0 Å². The lowest BCUT2D eigenvalue weighted by molar-refractivity contribution is 0.101. The second kappa shape index (κ2) is 10.0. The van der Waals surface area contributed by atoms with Gasteiger partial charge in [0.1, 0.15) is 11.6 Å². The predicted molar refractivity (Wildman–Crippen MR) is 113 cm³/mol. The van der Waals surface area contributed by atoms with Crippen molar-refractivity contribution in [3.05, 3.63) is 89.7 Å². The summed E-state index contributed by atoms with van der Waals surface area (Å²) in [5, 5.41) is 5.30. The molecule has 158 valence electrons. The molecule has 3 rings (SSSR count). The van der Waals surface area contributed by atoms with E-state index in [2.05, 4.69) is 15.4 Å². The molecule has 31 heavy (non-hydrogen) atoms. The number of para-hydroxylation sites is 2. The van der Waals surface area contributed by atoms with E-state index in [-0.39, 0.29) is 17.9 Å². The van der Waals surface area contributed by atoms with Crippen LogP contribution >= 0.6 is 0 Å². The molecule has 2 N–H and O–H groups in total. The minimum atomic E-state index is -0.834. The number of hydrogen-bond donors (Lipinski definition) is 2. The van der Waals surface area contributed by atoms with Gasteiger partial charge in [0.2, 0.25) is 0 Å². The van der Waals surface area contributed by atoms with E-state index in [1.807, 2.05) is 0 Å². The number of carbonyl (C=O) groups is 3. The first-order chi connectivity index (χ1) is 15.0. The molecule has 8 heteroatoms. The van der Waals surface area contributed by atoms with Crippen LogP contribution in [0.5, 0.6) is 5.75 Å². The number of rotatable bonds is 6. The molecular formula is C23H19FN2O5. The van der Waals surface area contributed by atoms with E-state index in [4.69, 9.17) is 4.74 Å². The molecule has 0 aromatic heterocycles. The zero-order valence-corrected chi connectivity index (χ0v) is 16.6. The van der Waals surface area contributed by atoms with E-state index in [0.717, 1.165) is 0 Å². The summed E-state index contributed by atoms with van der Waals surface area (Å²) in [5.74, 6) is -1.50. The Morgan fingerprint density at radius 2 is 1.39 bits per heavy atom. The Labute approximate surface area is 177 Å². The summed E-state index contributed by atoms with van der Waals surface area (Å²) >= 11 is 0. The highest BCUT2D eigenvalue weighted by atomic mass is 19.1. The Morgan fingerprint density at radius 3 is 2.00 bits per heavy atom. The maximum absolute atomic E-state index is 13.9. The zero-order valence-electron chi connectivity index (χ0n) is 16.6. The van der Waals surface area contributed by atoms with Crippen molar-refractivity contribution in [2.75, 3.05) is 17.2 Å². The van der Waals surface area contributed by atoms with E-state index in [1.165, 1.54) is 42.5 Å². The highest BCUT2D eigenvalue weighted by Gasteiger charge is 2.15. The first-order valence-corrected chi connectivity index (χ1v) is 9.39. The van der Waals surface area contributed by atoms with Gasteiger partial charge in [-0.3, -0.25) is 9.59 Å². The SMILES string of the molecule is CCOC(=O)Oc1ccc(C(=O)Nc2ccccc2NC(=O)c2ccccc2F)cc1. The van der Waals surface area contributed by atoms with Gasteiger partial charge in [0.05, 0.1) is 23.5 Å². The number of carbonyl (C=O) groups excluding carboxylic acids is 3. The Hall–Kier alpha value is -4.20. The molecule has 0 aliphatic rings. The van der Waals surface area contributed by atoms with Crippen LogP contribution in [-0.2, 0) is 4.74 Å². The third kappa shape index (κ3) is 5.66. The molecule has 0 saturated carbocycles. The average Bonchev–Trinajstić information content (AvgIpc) is 2.76. The van der Waals surface area contributed by atoms with E-state index >= 15 is 0 Å². The second-order valence-electron chi connectivity index (χ2n) is 6.24. The average molecular weight is 422 g/mol. The Morgan fingerprint density at radius 1 is 0.806 bits per heavy atom. The van der Waals surface area contributed by atoms with Crippen LogP contribution < -0.4 is 15.4 Å². The molecule has 0 radical (unpaired) electrons. The van der Waals surface area contributed by atoms with Crippen molar-refractivity contribution in [1.29, 1.82) is 0 Å². The zero-order chi connectivity index (χ0) is 22.2. The minimum Gasteiger partial charge on any atom is -0.434 e. The Bertz CT molecular complexity index is 1100. The highest BCUT2D eigenvalue weighted by Crippen LogP contribution is 2.23. The first-order valence-electron chi connectivity index (χ1n) is 9.39. The second-order valence-corrected chi connectivity index (χ2v) is 6.24. The van der Waals surface area contributed by atoms with Crippen molar-refractivity contribution < 1.29 is 28.2 Å². The summed E-state index contributed by atoms with van der Waals surface area (Å²) in [6.07, 6.45) is -0.834. The number of anilines is 2. The number of ether oxygens (including phenoxy) is 2. The number of nitrogens with one attached hydrogen (secondary N) is 2. The topological polar surface area (TPSA) is 93.7 Å². The molecule has 0 heterocycles. The first kappa shape index (κ1) is 21.5. The number of amides is 2. The summed E-state index contributed by atoms with van der Waals surface area (Å²) in [6.45, 7) is 1.84. The smallest absolute Gasteiger partial charge is 0.434 e. The molecule has 0 atom stereocenters. The van der Waals surface area contributed by atoms with Gasteiger partial charge < -0.3 is 20.1 Å². The molecular weight excluding hydrogens is 403 g/mol. The van der Waals surface area contributed by atoms with E-state index in [1.54, 1.807) is 37.3 Å². The van der Waals surface area contributed by atoms with Crippen LogP contribution in [0.2, 0.25) is 0 Å². The number of halogens is 1. The highest BCUT2D eigenvalue weighted by molar-refractivity contribution is 6.10. The minimum absolute atomic E-state index is 0.110. The lowest BCUT2D eigenvalue weighted by Crippen LogP contribution is -2.17. The van der Waals surface area contributed by atoms with Gasteiger partial charge in [0.25, 0.3) is 11.8 Å². The molecule has 7 nitrogen and oxygen atoms in total. The van der Waals surface area contributed by atoms with Crippen LogP contribution in [0.15, 0.2) is 72.8 Å². The molecule has 2 amide bonds. The van der Waals surface area contributed by atoms with Crippen molar-refractivity contribution in [3.8, 4) is 5.75 Å². The molecule has 0 aliphatic heterocycles.